The molecule has 1 aliphatic rings. The molecule has 5 heterocycles. The lowest BCUT2D eigenvalue weighted by molar-refractivity contribution is 0.215. The number of aryl methyl sites for hydroxylation is 3. The van der Waals surface area contributed by atoms with Crippen molar-refractivity contribution in [1.29, 1.82) is 0 Å². The zero-order valence-corrected chi connectivity index (χ0v) is 18.9. The second kappa shape index (κ2) is 8.18. The molecule has 0 spiro atoms. The van der Waals surface area contributed by atoms with E-state index < -0.39 is 0 Å². The molecule has 0 amide bonds. The second-order valence-electron chi connectivity index (χ2n) is 8.41. The van der Waals surface area contributed by atoms with Crippen LogP contribution in [0, 0.1) is 33.6 Å². The first-order chi connectivity index (χ1) is 15.5. The number of fused-ring (bicyclic) bond motifs is 1. The molecule has 4 aromatic rings. The average Bonchev–Trinajstić information content (AvgIpc) is 3.39. The van der Waals surface area contributed by atoms with Crippen LogP contribution in [-0.2, 0) is 0 Å². The Morgan fingerprint density at radius 3 is 2.56 bits per heavy atom. The second-order valence-corrected chi connectivity index (χ2v) is 8.41. The van der Waals surface area contributed by atoms with Gasteiger partial charge in [0.1, 0.15) is 18.5 Å². The lowest BCUT2D eigenvalue weighted by Gasteiger charge is -2.34. The monoisotopic (exact) mass is 433 g/mol. The van der Waals surface area contributed by atoms with Gasteiger partial charge < -0.3 is 9.64 Å². The lowest BCUT2D eigenvalue weighted by atomic mass is 9.97. The standard InChI is InChI=1S/C22H27N9O/c1-14-9-15(2)30(28-14)19-10-20(24-12-23-19)32-11-18-5-7-29(8-6-18)21-16(3)17(4)27-22-25-13-26-31(21)22/h9-10,12-13,18H,5-8,11H2,1-4H3. The largest absolute Gasteiger partial charge is 0.477 e. The highest BCUT2D eigenvalue weighted by molar-refractivity contribution is 5.54. The van der Waals surface area contributed by atoms with Gasteiger partial charge >= 0.3 is 0 Å². The van der Waals surface area contributed by atoms with E-state index in [-0.39, 0.29) is 0 Å². The van der Waals surface area contributed by atoms with Gasteiger partial charge in [-0.2, -0.15) is 19.7 Å². The minimum absolute atomic E-state index is 0.466. The van der Waals surface area contributed by atoms with Crippen LogP contribution in [0.25, 0.3) is 11.6 Å². The summed E-state index contributed by atoms with van der Waals surface area (Å²) in [7, 11) is 0. The summed E-state index contributed by atoms with van der Waals surface area (Å²) >= 11 is 0. The summed E-state index contributed by atoms with van der Waals surface area (Å²) in [5, 5.41) is 8.88. The van der Waals surface area contributed by atoms with Crippen molar-refractivity contribution in [2.75, 3.05) is 24.6 Å². The van der Waals surface area contributed by atoms with Crippen molar-refractivity contribution in [3.05, 3.63) is 47.4 Å². The fraction of sp³-hybridized carbons (Fsp3) is 0.455. The molecule has 0 N–H and O–H groups in total. The normalized spacial score (nSPS) is 14.9. The van der Waals surface area contributed by atoms with Crippen molar-refractivity contribution < 1.29 is 4.74 Å². The predicted molar refractivity (Wildman–Crippen MR) is 119 cm³/mol. The Morgan fingerprint density at radius 2 is 1.81 bits per heavy atom. The van der Waals surface area contributed by atoms with E-state index >= 15 is 0 Å². The molecule has 10 nitrogen and oxygen atoms in total. The number of piperidine rings is 1. The quantitative estimate of drug-likeness (QED) is 0.474. The molecule has 10 heteroatoms. The Hall–Kier alpha value is -3.56. The van der Waals surface area contributed by atoms with Crippen molar-refractivity contribution in [1.82, 2.24) is 39.3 Å². The van der Waals surface area contributed by atoms with E-state index in [2.05, 4.69) is 42.0 Å². The molecule has 0 radical (unpaired) electrons. The Bertz CT molecular complexity index is 1250. The zero-order valence-electron chi connectivity index (χ0n) is 18.9. The summed E-state index contributed by atoms with van der Waals surface area (Å²) < 4.78 is 9.71. The highest BCUT2D eigenvalue weighted by atomic mass is 16.5. The fourth-order valence-electron chi connectivity index (χ4n) is 4.29. The predicted octanol–water partition coefficient (Wildman–Crippen LogP) is 2.63. The Morgan fingerprint density at radius 1 is 1.00 bits per heavy atom. The minimum Gasteiger partial charge on any atom is -0.477 e. The van der Waals surface area contributed by atoms with Crippen molar-refractivity contribution in [2.24, 2.45) is 5.92 Å². The third-order valence-electron chi connectivity index (χ3n) is 6.11. The van der Waals surface area contributed by atoms with Crippen LogP contribution in [0.5, 0.6) is 5.88 Å². The van der Waals surface area contributed by atoms with Crippen molar-refractivity contribution in [3.63, 3.8) is 0 Å². The van der Waals surface area contributed by atoms with Gasteiger partial charge in [-0.05, 0) is 52.5 Å². The van der Waals surface area contributed by atoms with E-state index in [4.69, 9.17) is 4.74 Å². The van der Waals surface area contributed by atoms with E-state index in [1.165, 1.54) is 6.33 Å². The number of aromatic nitrogens is 8. The van der Waals surface area contributed by atoms with Crippen LogP contribution in [-0.4, -0.2) is 59.0 Å². The van der Waals surface area contributed by atoms with Gasteiger partial charge in [0.2, 0.25) is 5.88 Å². The number of nitrogens with zero attached hydrogens (tertiary/aromatic N) is 9. The first-order valence-corrected chi connectivity index (χ1v) is 10.9. The molecule has 0 saturated carbocycles. The fourth-order valence-corrected chi connectivity index (χ4v) is 4.29. The van der Waals surface area contributed by atoms with Gasteiger partial charge in [0.15, 0.2) is 5.82 Å². The molecule has 4 aromatic heterocycles. The third-order valence-corrected chi connectivity index (χ3v) is 6.11. The van der Waals surface area contributed by atoms with Crippen LogP contribution >= 0.6 is 0 Å². The van der Waals surface area contributed by atoms with Gasteiger partial charge in [0, 0.05) is 36.1 Å². The summed E-state index contributed by atoms with van der Waals surface area (Å²) in [5.74, 6) is 3.50. The van der Waals surface area contributed by atoms with Gasteiger partial charge in [-0.25, -0.2) is 19.6 Å². The molecule has 0 unspecified atom stereocenters. The summed E-state index contributed by atoms with van der Waals surface area (Å²) in [6.07, 6.45) is 5.16. The van der Waals surface area contributed by atoms with Crippen LogP contribution in [0.3, 0.4) is 0 Å². The maximum Gasteiger partial charge on any atom is 0.254 e. The number of anilines is 1. The highest BCUT2D eigenvalue weighted by Gasteiger charge is 2.24. The molecule has 1 aliphatic heterocycles. The van der Waals surface area contributed by atoms with Gasteiger partial charge in [0.05, 0.1) is 12.3 Å². The Kier molecular flexibility index (Phi) is 5.20. The topological polar surface area (TPSA) is 99.2 Å². The highest BCUT2D eigenvalue weighted by Crippen LogP contribution is 2.28. The first kappa shape index (κ1) is 20.3. The summed E-state index contributed by atoms with van der Waals surface area (Å²) in [4.78, 5) is 19.8. The Labute approximate surface area is 186 Å². The molecule has 1 fully saturated rings. The molecular weight excluding hydrogens is 406 g/mol. The van der Waals surface area contributed by atoms with Gasteiger partial charge in [-0.3, -0.25) is 0 Å². The van der Waals surface area contributed by atoms with E-state index in [9.17, 15) is 0 Å². The maximum absolute atomic E-state index is 6.05. The van der Waals surface area contributed by atoms with Crippen LogP contribution in [0.2, 0.25) is 0 Å². The van der Waals surface area contributed by atoms with Gasteiger partial charge in [0.25, 0.3) is 5.78 Å². The number of hydrogen-bond acceptors (Lipinski definition) is 8. The van der Waals surface area contributed by atoms with Crippen LogP contribution in [0.15, 0.2) is 24.8 Å². The van der Waals surface area contributed by atoms with Crippen molar-refractivity contribution in [3.8, 4) is 11.7 Å². The van der Waals surface area contributed by atoms with Crippen LogP contribution in [0.1, 0.15) is 35.5 Å². The lowest BCUT2D eigenvalue weighted by Crippen LogP contribution is -2.37. The molecule has 166 valence electrons. The SMILES string of the molecule is Cc1cc(C)n(-c2cc(OCC3CCN(c4c(C)c(C)nc5ncnn45)CC3)ncn2)n1. The van der Waals surface area contributed by atoms with Gasteiger partial charge in [-0.1, -0.05) is 0 Å². The number of ether oxygens (including phenoxy) is 1. The van der Waals surface area contributed by atoms with Gasteiger partial charge in [-0.15, -0.1) is 0 Å². The van der Waals surface area contributed by atoms with E-state index in [0.717, 1.165) is 60.2 Å². The van der Waals surface area contributed by atoms with Crippen molar-refractivity contribution in [2.45, 2.75) is 40.5 Å². The molecule has 0 atom stereocenters. The zero-order chi connectivity index (χ0) is 22.2. The molecule has 0 aliphatic carbocycles. The average molecular weight is 434 g/mol. The number of rotatable bonds is 5. The summed E-state index contributed by atoms with van der Waals surface area (Å²) in [6, 6.07) is 3.87. The molecule has 32 heavy (non-hydrogen) atoms. The minimum atomic E-state index is 0.466. The number of hydrogen-bond donors (Lipinski definition) is 0. The van der Waals surface area contributed by atoms with E-state index in [1.807, 2.05) is 42.1 Å². The third kappa shape index (κ3) is 3.76. The van der Waals surface area contributed by atoms with E-state index in [0.29, 0.717) is 24.2 Å². The summed E-state index contributed by atoms with van der Waals surface area (Å²) in [5.41, 5.74) is 4.13. The van der Waals surface area contributed by atoms with Crippen LogP contribution in [0.4, 0.5) is 5.82 Å². The van der Waals surface area contributed by atoms with E-state index in [1.54, 1.807) is 6.33 Å². The van der Waals surface area contributed by atoms with Crippen molar-refractivity contribution >= 4 is 11.6 Å². The molecular formula is C22H27N9O. The molecule has 1 saturated heterocycles. The molecule has 0 aromatic carbocycles. The molecule has 0 bridgehead atoms. The smallest absolute Gasteiger partial charge is 0.254 e. The summed E-state index contributed by atoms with van der Waals surface area (Å²) in [6.45, 7) is 10.6. The van der Waals surface area contributed by atoms with Crippen LogP contribution < -0.4 is 9.64 Å². The Balaban J connectivity index is 1.23. The molecule has 5 rings (SSSR count). The first-order valence-electron chi connectivity index (χ1n) is 10.9. The maximum atomic E-state index is 6.05.